The van der Waals surface area contributed by atoms with Crippen molar-refractivity contribution in [1.82, 2.24) is 15.1 Å². The summed E-state index contributed by atoms with van der Waals surface area (Å²) in [6.45, 7) is 0.426. The number of halogens is 1. The van der Waals surface area contributed by atoms with Crippen LogP contribution in [0, 0.1) is 0 Å². The number of ether oxygens (including phenoxy) is 2. The first-order valence-corrected chi connectivity index (χ1v) is 14.1. The standard InChI is InChI=1S/C32H32ClN3O5/c33-26-15-7-6-14-25(26)24-13-5-4-12-23(24)21-41-31-18-28(32(38)39)35-36(31)19-30(37)34-27-16-8-9-17-29(27)40-20-22-10-2-1-3-11-22/h1-7,10-15,18,27,29H,8-9,16-17,19-21H2,(H,34,37)(H,38,39). The number of hydrogen-bond donors (Lipinski definition) is 2. The zero-order chi connectivity index (χ0) is 28.6. The van der Waals surface area contributed by atoms with Gasteiger partial charge in [0.05, 0.1) is 18.8 Å². The fourth-order valence-electron chi connectivity index (χ4n) is 5.10. The number of aromatic carboxylic acids is 1. The van der Waals surface area contributed by atoms with E-state index in [4.69, 9.17) is 21.1 Å². The summed E-state index contributed by atoms with van der Waals surface area (Å²) in [5, 5.41) is 17.4. The highest BCUT2D eigenvalue weighted by molar-refractivity contribution is 6.33. The van der Waals surface area contributed by atoms with Crippen LogP contribution in [0.5, 0.6) is 5.88 Å². The molecule has 1 aromatic heterocycles. The molecule has 1 aliphatic rings. The summed E-state index contributed by atoms with van der Waals surface area (Å²) in [4.78, 5) is 24.8. The Morgan fingerprint density at radius 1 is 0.927 bits per heavy atom. The maximum atomic E-state index is 13.1. The van der Waals surface area contributed by atoms with Gasteiger partial charge in [-0.25, -0.2) is 9.48 Å². The van der Waals surface area contributed by atoms with Gasteiger partial charge in [-0.15, -0.1) is 0 Å². The highest BCUT2D eigenvalue weighted by atomic mass is 35.5. The van der Waals surface area contributed by atoms with E-state index in [2.05, 4.69) is 10.4 Å². The van der Waals surface area contributed by atoms with Crippen molar-refractivity contribution < 1.29 is 24.2 Å². The van der Waals surface area contributed by atoms with Gasteiger partial charge in [-0.3, -0.25) is 4.79 Å². The number of amides is 1. The van der Waals surface area contributed by atoms with Gasteiger partial charge < -0.3 is 19.9 Å². The summed E-state index contributed by atoms with van der Waals surface area (Å²) in [6.07, 6.45) is 3.62. The van der Waals surface area contributed by atoms with E-state index in [1.807, 2.05) is 78.9 Å². The Kier molecular flexibility index (Phi) is 9.33. The summed E-state index contributed by atoms with van der Waals surface area (Å²) in [5.41, 5.74) is 3.51. The zero-order valence-corrected chi connectivity index (χ0v) is 23.3. The zero-order valence-electron chi connectivity index (χ0n) is 22.5. The SMILES string of the molecule is O=C(Cn1nc(C(=O)O)cc1OCc1ccccc1-c1ccccc1Cl)NC1CCCCC1OCc1ccccc1. The molecule has 0 radical (unpaired) electrons. The summed E-state index contributed by atoms with van der Waals surface area (Å²) >= 11 is 6.44. The minimum absolute atomic E-state index is 0.0999. The molecule has 212 valence electrons. The van der Waals surface area contributed by atoms with E-state index in [1.165, 1.54) is 10.7 Å². The van der Waals surface area contributed by atoms with Crippen LogP contribution >= 0.6 is 11.6 Å². The van der Waals surface area contributed by atoms with Crippen LogP contribution in [0.4, 0.5) is 0 Å². The average Bonchev–Trinajstić information content (AvgIpc) is 3.39. The fourth-order valence-corrected chi connectivity index (χ4v) is 5.34. The number of carboxylic acids is 1. The maximum Gasteiger partial charge on any atom is 0.356 e. The Morgan fingerprint density at radius 3 is 2.41 bits per heavy atom. The van der Waals surface area contributed by atoms with Crippen LogP contribution in [0.15, 0.2) is 84.9 Å². The quantitative estimate of drug-likeness (QED) is 0.224. The number of carbonyl (C=O) groups is 2. The molecule has 2 N–H and O–H groups in total. The molecule has 0 saturated heterocycles. The van der Waals surface area contributed by atoms with Crippen LogP contribution in [0.3, 0.4) is 0 Å². The van der Waals surface area contributed by atoms with Gasteiger partial charge >= 0.3 is 5.97 Å². The van der Waals surface area contributed by atoms with Gasteiger partial charge in [0.1, 0.15) is 13.2 Å². The molecule has 1 saturated carbocycles. The second kappa shape index (κ2) is 13.5. The molecule has 3 aromatic carbocycles. The fraction of sp³-hybridized carbons (Fsp3) is 0.281. The summed E-state index contributed by atoms with van der Waals surface area (Å²) in [5.74, 6) is -1.30. The molecule has 1 heterocycles. The smallest absolute Gasteiger partial charge is 0.356 e. The highest BCUT2D eigenvalue weighted by Crippen LogP contribution is 2.31. The lowest BCUT2D eigenvalue weighted by atomic mass is 9.92. The van der Waals surface area contributed by atoms with Crippen molar-refractivity contribution in [3.63, 3.8) is 0 Å². The van der Waals surface area contributed by atoms with Crippen LogP contribution in [0.25, 0.3) is 11.1 Å². The largest absolute Gasteiger partial charge is 0.476 e. The summed E-state index contributed by atoms with van der Waals surface area (Å²) in [7, 11) is 0. The number of rotatable bonds is 11. The lowest BCUT2D eigenvalue weighted by Gasteiger charge is -2.32. The Morgan fingerprint density at radius 2 is 1.63 bits per heavy atom. The lowest BCUT2D eigenvalue weighted by molar-refractivity contribution is -0.124. The predicted molar refractivity (Wildman–Crippen MR) is 156 cm³/mol. The van der Waals surface area contributed by atoms with Gasteiger partial charge in [0.2, 0.25) is 11.8 Å². The molecular formula is C32H32ClN3O5. The first kappa shape index (κ1) is 28.4. The molecule has 5 rings (SSSR count). The Balaban J connectivity index is 1.27. The van der Waals surface area contributed by atoms with Gasteiger partial charge in [0.15, 0.2) is 5.69 Å². The minimum Gasteiger partial charge on any atom is -0.476 e. The lowest BCUT2D eigenvalue weighted by Crippen LogP contribution is -2.47. The van der Waals surface area contributed by atoms with E-state index >= 15 is 0 Å². The van der Waals surface area contributed by atoms with E-state index in [1.54, 1.807) is 0 Å². The van der Waals surface area contributed by atoms with Crippen LogP contribution < -0.4 is 10.1 Å². The van der Waals surface area contributed by atoms with Crippen LogP contribution in [0.1, 0.15) is 47.3 Å². The Hall–Kier alpha value is -4.14. The third-order valence-corrected chi connectivity index (χ3v) is 7.50. The molecule has 0 spiro atoms. The molecule has 0 aliphatic heterocycles. The number of nitrogens with zero attached hydrogens (tertiary/aromatic N) is 2. The van der Waals surface area contributed by atoms with Crippen molar-refractivity contribution in [3.8, 4) is 17.0 Å². The van der Waals surface area contributed by atoms with Crippen molar-refractivity contribution >= 4 is 23.5 Å². The normalized spacial score (nSPS) is 16.7. The van der Waals surface area contributed by atoms with Gasteiger partial charge in [0.25, 0.3) is 0 Å². The number of aromatic nitrogens is 2. The van der Waals surface area contributed by atoms with Crippen molar-refractivity contribution in [2.75, 3.05) is 0 Å². The van der Waals surface area contributed by atoms with E-state index in [0.29, 0.717) is 11.6 Å². The molecule has 8 nitrogen and oxygen atoms in total. The van der Waals surface area contributed by atoms with Crippen LogP contribution in [-0.4, -0.2) is 38.9 Å². The van der Waals surface area contributed by atoms with E-state index in [0.717, 1.165) is 47.9 Å². The summed E-state index contributed by atoms with van der Waals surface area (Å²) in [6, 6.07) is 26.4. The molecule has 0 bridgehead atoms. The summed E-state index contributed by atoms with van der Waals surface area (Å²) < 4.78 is 13.5. The molecule has 2 unspecified atom stereocenters. The number of benzene rings is 3. The third kappa shape index (κ3) is 7.34. The average molecular weight is 574 g/mol. The predicted octanol–water partition coefficient (Wildman–Crippen LogP) is 6.12. The number of hydrogen-bond acceptors (Lipinski definition) is 5. The molecule has 1 aliphatic carbocycles. The molecule has 1 amide bonds. The Labute approximate surface area is 243 Å². The van der Waals surface area contributed by atoms with Crippen molar-refractivity contribution in [3.05, 3.63) is 107 Å². The second-order valence-electron chi connectivity index (χ2n) is 10.0. The molecule has 4 aromatic rings. The first-order valence-electron chi connectivity index (χ1n) is 13.7. The topological polar surface area (TPSA) is 103 Å². The Bertz CT molecular complexity index is 1490. The maximum absolute atomic E-state index is 13.1. The number of carbonyl (C=O) groups excluding carboxylic acids is 1. The minimum atomic E-state index is -1.20. The monoisotopic (exact) mass is 573 g/mol. The van der Waals surface area contributed by atoms with Gasteiger partial charge in [-0.2, -0.15) is 5.10 Å². The second-order valence-corrected chi connectivity index (χ2v) is 10.5. The van der Waals surface area contributed by atoms with Crippen molar-refractivity contribution in [1.29, 1.82) is 0 Å². The third-order valence-electron chi connectivity index (χ3n) is 7.17. The highest BCUT2D eigenvalue weighted by Gasteiger charge is 2.28. The molecule has 9 heteroatoms. The number of nitrogens with one attached hydrogen (secondary N) is 1. The molecular weight excluding hydrogens is 542 g/mol. The van der Waals surface area contributed by atoms with E-state index in [9.17, 15) is 14.7 Å². The first-order chi connectivity index (χ1) is 20.0. The molecule has 2 atom stereocenters. The van der Waals surface area contributed by atoms with Crippen molar-refractivity contribution in [2.24, 2.45) is 0 Å². The number of carboxylic acid groups (broad SMARTS) is 1. The van der Waals surface area contributed by atoms with E-state index in [-0.39, 0.29) is 42.8 Å². The van der Waals surface area contributed by atoms with Gasteiger partial charge in [-0.1, -0.05) is 97.2 Å². The van der Waals surface area contributed by atoms with Gasteiger partial charge in [-0.05, 0) is 35.6 Å². The van der Waals surface area contributed by atoms with Crippen LogP contribution in [-0.2, 0) is 29.3 Å². The van der Waals surface area contributed by atoms with Crippen LogP contribution in [0.2, 0.25) is 5.02 Å². The molecule has 41 heavy (non-hydrogen) atoms. The molecule has 1 fully saturated rings. The van der Waals surface area contributed by atoms with Gasteiger partial charge in [0, 0.05) is 16.7 Å². The van der Waals surface area contributed by atoms with E-state index < -0.39 is 5.97 Å². The van der Waals surface area contributed by atoms with Crippen molar-refractivity contribution in [2.45, 2.75) is 57.6 Å².